The van der Waals surface area contributed by atoms with Gasteiger partial charge in [-0.2, -0.15) is 0 Å². The lowest BCUT2D eigenvalue weighted by Gasteiger charge is -2.28. The highest BCUT2D eigenvalue weighted by Crippen LogP contribution is 2.48. The number of rotatable bonds is 9. The summed E-state index contributed by atoms with van der Waals surface area (Å²) in [6.07, 6.45) is -0.330. The van der Waals surface area contributed by atoms with E-state index in [2.05, 4.69) is 0 Å². The number of hydrogen-bond acceptors (Lipinski definition) is 9. The Morgan fingerprint density at radius 2 is 1.57 bits per heavy atom. The quantitative estimate of drug-likeness (QED) is 0.0794. The fourth-order valence-electron chi connectivity index (χ4n) is 5.36. The Morgan fingerprint density at radius 1 is 0.864 bits per heavy atom. The Hall–Kier alpha value is -5.55. The lowest BCUT2D eigenvalue weighted by molar-refractivity contribution is -0.384. The summed E-state index contributed by atoms with van der Waals surface area (Å²) in [6, 6.07) is 26.7. The first-order valence-electron chi connectivity index (χ1n) is 14.0. The van der Waals surface area contributed by atoms with E-state index >= 15 is 0 Å². The molecule has 2 aliphatic heterocycles. The zero-order chi connectivity index (χ0) is 30.8. The first kappa shape index (κ1) is 28.6. The van der Waals surface area contributed by atoms with Crippen molar-refractivity contribution in [1.82, 2.24) is 0 Å². The monoisotopic (exact) mass is 593 g/mol. The van der Waals surface area contributed by atoms with Gasteiger partial charge in [0.2, 0.25) is 5.91 Å². The minimum absolute atomic E-state index is 0.172. The third-order valence-corrected chi connectivity index (χ3v) is 7.42. The molecule has 0 aromatic heterocycles. The molecule has 0 spiro atoms. The van der Waals surface area contributed by atoms with E-state index in [-0.39, 0.29) is 11.4 Å². The fraction of sp³-hybridized carbons (Fsp3) is 0.182. The van der Waals surface area contributed by atoms with Crippen molar-refractivity contribution < 1.29 is 33.6 Å². The van der Waals surface area contributed by atoms with E-state index < -0.39 is 40.8 Å². The molecule has 6 rings (SSSR count). The van der Waals surface area contributed by atoms with Gasteiger partial charge in [0.25, 0.3) is 11.6 Å². The predicted molar refractivity (Wildman–Crippen MR) is 159 cm³/mol. The van der Waals surface area contributed by atoms with E-state index in [1.54, 1.807) is 84.9 Å². The van der Waals surface area contributed by atoms with E-state index in [9.17, 15) is 24.5 Å². The van der Waals surface area contributed by atoms with Gasteiger partial charge in [-0.1, -0.05) is 43.3 Å². The molecule has 0 radical (unpaired) electrons. The third-order valence-electron chi connectivity index (χ3n) is 7.42. The summed E-state index contributed by atoms with van der Waals surface area (Å²) in [5.74, 6) is -1.61. The molecule has 2 heterocycles. The van der Waals surface area contributed by atoms with E-state index in [0.29, 0.717) is 34.9 Å². The first-order chi connectivity index (χ1) is 21.4. The Morgan fingerprint density at radius 3 is 2.25 bits per heavy atom. The lowest BCUT2D eigenvalue weighted by atomic mass is 9.90. The second-order valence-corrected chi connectivity index (χ2v) is 10.3. The number of esters is 1. The summed E-state index contributed by atoms with van der Waals surface area (Å²) in [5.41, 5.74) is 1.48. The van der Waals surface area contributed by atoms with E-state index in [0.717, 1.165) is 11.3 Å². The van der Waals surface area contributed by atoms with Crippen molar-refractivity contribution >= 4 is 34.8 Å². The number of benzene rings is 4. The molecule has 2 amide bonds. The van der Waals surface area contributed by atoms with Gasteiger partial charge in [-0.05, 0) is 66.6 Å². The maximum Gasteiger partial charge on any atom is 0.343 e. The van der Waals surface area contributed by atoms with Crippen LogP contribution in [0.15, 0.2) is 103 Å². The molecule has 0 aliphatic carbocycles. The van der Waals surface area contributed by atoms with Crippen molar-refractivity contribution in [2.45, 2.75) is 25.5 Å². The van der Waals surface area contributed by atoms with Gasteiger partial charge in [0.1, 0.15) is 17.4 Å². The number of amides is 2. The van der Waals surface area contributed by atoms with Crippen LogP contribution < -0.4 is 19.4 Å². The van der Waals surface area contributed by atoms with E-state index in [1.165, 1.54) is 23.3 Å². The van der Waals surface area contributed by atoms with Crippen molar-refractivity contribution in [1.29, 1.82) is 0 Å². The average Bonchev–Trinajstić information content (AvgIpc) is 3.56. The van der Waals surface area contributed by atoms with Crippen LogP contribution in [0, 0.1) is 16.0 Å². The number of ether oxygens (including phenoxy) is 2. The molecule has 0 saturated carbocycles. The molecular weight excluding hydrogens is 566 g/mol. The van der Waals surface area contributed by atoms with Crippen LogP contribution in [0.1, 0.15) is 35.3 Å². The van der Waals surface area contributed by atoms with E-state index in [4.69, 9.17) is 14.3 Å². The molecule has 0 N–H and O–H groups in total. The number of fused-ring (bicyclic) bond motifs is 1. The second kappa shape index (κ2) is 12.0. The summed E-state index contributed by atoms with van der Waals surface area (Å²) < 4.78 is 11.1. The van der Waals surface area contributed by atoms with Crippen LogP contribution in [-0.2, 0) is 14.4 Å². The summed E-state index contributed by atoms with van der Waals surface area (Å²) >= 11 is 0. The standard InChI is InChI=1S/C33H27N3O8/c1-2-19-42-26-17-13-23(14-18-26)34-31(37)28-29(21-11-15-27(16-12-21)43-33(39)22-7-4-3-5-8-22)35(44-30(28)32(34)38)24-9-6-10-25(20-24)36(40)41/h3-18,20,28-30H,2,19H2,1H3/t28-,29-,30-/m1/s1. The van der Waals surface area contributed by atoms with Crippen LogP contribution in [0.4, 0.5) is 17.1 Å². The molecule has 222 valence electrons. The van der Waals surface area contributed by atoms with Crippen molar-refractivity contribution in [2.24, 2.45) is 5.92 Å². The molecule has 4 aromatic rings. The fourth-order valence-corrected chi connectivity index (χ4v) is 5.36. The zero-order valence-corrected chi connectivity index (χ0v) is 23.6. The smallest absolute Gasteiger partial charge is 0.343 e. The van der Waals surface area contributed by atoms with Gasteiger partial charge >= 0.3 is 5.97 Å². The number of anilines is 2. The minimum Gasteiger partial charge on any atom is -0.494 e. The Balaban J connectivity index is 1.32. The normalized spacial score (nSPS) is 19.2. The number of hydrogen-bond donors (Lipinski definition) is 0. The molecule has 2 aliphatic rings. The molecule has 44 heavy (non-hydrogen) atoms. The SMILES string of the molecule is CCCOc1ccc(N2C(=O)[C@@H]3[C@@H](c4ccc(OC(=O)c5ccccc5)cc4)N(c4cccc([N+](=O)[O-])c4)O[C@H]3C2=O)cc1. The number of non-ortho nitro benzene ring substituents is 1. The predicted octanol–water partition coefficient (Wildman–Crippen LogP) is 5.65. The number of carbonyl (C=O) groups excluding carboxylic acids is 3. The summed E-state index contributed by atoms with van der Waals surface area (Å²) in [5, 5.41) is 12.9. The van der Waals surface area contributed by atoms with Gasteiger partial charge in [-0.25, -0.2) is 14.8 Å². The van der Waals surface area contributed by atoms with Crippen LogP contribution >= 0.6 is 0 Å². The maximum absolute atomic E-state index is 13.9. The van der Waals surface area contributed by atoms with Crippen LogP contribution in [0.2, 0.25) is 0 Å². The molecule has 2 fully saturated rings. The van der Waals surface area contributed by atoms with Gasteiger partial charge in [0.15, 0.2) is 6.10 Å². The van der Waals surface area contributed by atoms with E-state index in [1.807, 2.05) is 6.92 Å². The highest BCUT2D eigenvalue weighted by Gasteiger charge is 2.60. The van der Waals surface area contributed by atoms with Crippen molar-refractivity contribution in [3.8, 4) is 11.5 Å². The van der Waals surface area contributed by atoms with Gasteiger partial charge in [0, 0.05) is 12.1 Å². The number of imide groups is 1. The average molecular weight is 594 g/mol. The minimum atomic E-state index is -1.17. The molecule has 3 atom stereocenters. The highest BCUT2D eigenvalue weighted by atomic mass is 16.7. The number of nitrogens with zero attached hydrogens (tertiary/aromatic N) is 3. The highest BCUT2D eigenvalue weighted by molar-refractivity contribution is 6.24. The summed E-state index contributed by atoms with van der Waals surface area (Å²) in [6.45, 7) is 2.53. The number of carbonyl (C=O) groups is 3. The van der Waals surface area contributed by atoms with Crippen LogP contribution in [-0.4, -0.2) is 35.4 Å². The van der Waals surface area contributed by atoms with Gasteiger partial charge in [-0.3, -0.25) is 24.5 Å². The third kappa shape index (κ3) is 5.36. The van der Waals surface area contributed by atoms with Gasteiger partial charge in [-0.15, -0.1) is 0 Å². The molecular formula is C33H27N3O8. The van der Waals surface area contributed by atoms with Crippen LogP contribution in [0.3, 0.4) is 0 Å². The Kier molecular flexibility index (Phi) is 7.78. The van der Waals surface area contributed by atoms with Gasteiger partial charge < -0.3 is 9.47 Å². The van der Waals surface area contributed by atoms with Crippen molar-refractivity contribution in [3.63, 3.8) is 0 Å². The topological polar surface area (TPSA) is 129 Å². The maximum atomic E-state index is 13.9. The number of nitro benzene ring substituents is 1. The summed E-state index contributed by atoms with van der Waals surface area (Å²) in [4.78, 5) is 58.4. The van der Waals surface area contributed by atoms with Crippen LogP contribution in [0.25, 0.3) is 0 Å². The first-order valence-corrected chi connectivity index (χ1v) is 14.0. The zero-order valence-electron chi connectivity index (χ0n) is 23.6. The Bertz CT molecular complexity index is 1710. The Labute approximate surface area is 252 Å². The molecule has 11 heteroatoms. The molecule has 2 saturated heterocycles. The molecule has 0 bridgehead atoms. The largest absolute Gasteiger partial charge is 0.494 e. The second-order valence-electron chi connectivity index (χ2n) is 10.3. The number of nitro groups is 1. The molecule has 0 unspecified atom stereocenters. The molecule has 4 aromatic carbocycles. The van der Waals surface area contributed by atoms with Crippen LogP contribution in [0.5, 0.6) is 11.5 Å². The van der Waals surface area contributed by atoms with Crippen molar-refractivity contribution in [2.75, 3.05) is 16.6 Å². The van der Waals surface area contributed by atoms with Gasteiger partial charge in [0.05, 0.1) is 34.5 Å². The lowest BCUT2D eigenvalue weighted by Crippen LogP contribution is -2.37. The molecule has 11 nitrogen and oxygen atoms in total. The summed E-state index contributed by atoms with van der Waals surface area (Å²) in [7, 11) is 0. The van der Waals surface area contributed by atoms with Crippen molar-refractivity contribution in [3.05, 3.63) is 124 Å². The number of hydroxylamine groups is 1.